The van der Waals surface area contributed by atoms with Crippen LogP contribution in [0.25, 0.3) is 0 Å². The summed E-state index contributed by atoms with van der Waals surface area (Å²) >= 11 is 7.70. The smallest absolute Gasteiger partial charge is 0.119 e. The van der Waals surface area contributed by atoms with Crippen molar-refractivity contribution >= 4 is 23.4 Å². The predicted octanol–water partition coefficient (Wildman–Crippen LogP) is 4.14. The van der Waals surface area contributed by atoms with Crippen molar-refractivity contribution in [1.82, 2.24) is 10.3 Å². The average molecular weight is 291 g/mol. The van der Waals surface area contributed by atoms with E-state index in [4.69, 9.17) is 11.6 Å². The second-order valence-electron chi connectivity index (χ2n) is 4.69. The minimum absolute atomic E-state index is 0.701. The Morgan fingerprint density at radius 2 is 2.00 bits per heavy atom. The molecule has 1 heterocycles. The van der Waals surface area contributed by atoms with Gasteiger partial charge >= 0.3 is 0 Å². The second-order valence-corrected chi connectivity index (χ2v) is 6.16. The number of pyridine rings is 1. The Balaban J connectivity index is 1.63. The third-order valence-corrected chi connectivity index (χ3v) is 4.48. The van der Waals surface area contributed by atoms with E-state index in [0.29, 0.717) is 5.02 Å². The summed E-state index contributed by atoms with van der Waals surface area (Å²) in [6.07, 6.45) is 4.42. The van der Waals surface area contributed by atoms with Gasteiger partial charge in [0.15, 0.2) is 0 Å². The number of benzene rings is 1. The van der Waals surface area contributed by atoms with Gasteiger partial charge in [-0.15, -0.1) is 0 Å². The molecular weight excluding hydrogens is 276 g/mol. The van der Waals surface area contributed by atoms with E-state index in [0.717, 1.165) is 22.5 Å². The fraction of sp³-hybridized carbons (Fsp3) is 0.267. The molecular formula is C15H15ClN2S. The van der Waals surface area contributed by atoms with Gasteiger partial charge in [-0.25, -0.2) is 4.98 Å². The summed E-state index contributed by atoms with van der Waals surface area (Å²) in [5, 5.41) is 5.07. The molecule has 0 saturated heterocycles. The third kappa shape index (κ3) is 3.72. The molecule has 3 rings (SSSR count). The van der Waals surface area contributed by atoms with Gasteiger partial charge in [0.1, 0.15) is 5.03 Å². The summed E-state index contributed by atoms with van der Waals surface area (Å²) < 4.78 is 0. The second kappa shape index (κ2) is 5.95. The summed E-state index contributed by atoms with van der Waals surface area (Å²) in [7, 11) is 0. The zero-order chi connectivity index (χ0) is 13.1. The Morgan fingerprint density at radius 1 is 1.21 bits per heavy atom. The van der Waals surface area contributed by atoms with Gasteiger partial charge in [0.2, 0.25) is 0 Å². The Hall–Kier alpha value is -1.03. The number of nitrogens with one attached hydrogen (secondary N) is 1. The van der Waals surface area contributed by atoms with E-state index in [-0.39, 0.29) is 0 Å². The van der Waals surface area contributed by atoms with E-state index in [2.05, 4.69) is 34.6 Å². The maximum Gasteiger partial charge on any atom is 0.119 e. The molecule has 0 spiro atoms. The number of rotatable bonds is 5. The molecule has 4 heteroatoms. The molecule has 2 nitrogen and oxygen atoms in total. The monoisotopic (exact) mass is 290 g/mol. The molecule has 1 aliphatic rings. The van der Waals surface area contributed by atoms with Gasteiger partial charge in [-0.2, -0.15) is 0 Å². The largest absolute Gasteiger partial charge is 0.310 e. The first-order valence-electron chi connectivity index (χ1n) is 6.42. The minimum atomic E-state index is 0.701. The van der Waals surface area contributed by atoms with Gasteiger partial charge in [-0.05, 0) is 42.7 Å². The highest BCUT2D eigenvalue weighted by Crippen LogP contribution is 2.31. The van der Waals surface area contributed by atoms with Crippen molar-refractivity contribution < 1.29 is 0 Å². The maximum absolute atomic E-state index is 6.10. The van der Waals surface area contributed by atoms with Crippen molar-refractivity contribution in [2.24, 2.45) is 0 Å². The Labute approximate surface area is 122 Å². The van der Waals surface area contributed by atoms with Gasteiger partial charge in [-0.3, -0.25) is 0 Å². The molecule has 98 valence electrons. The fourth-order valence-corrected chi connectivity index (χ4v) is 2.79. The van der Waals surface area contributed by atoms with Crippen LogP contribution in [-0.4, -0.2) is 11.0 Å². The van der Waals surface area contributed by atoms with Crippen molar-refractivity contribution in [2.45, 2.75) is 35.3 Å². The molecule has 1 aliphatic carbocycles. The molecule has 0 radical (unpaired) electrons. The SMILES string of the molecule is Clc1cccnc1Sc1ccc(CNC2CC2)cc1. The molecule has 0 bridgehead atoms. The molecule has 0 unspecified atom stereocenters. The normalized spacial score (nSPS) is 14.6. The lowest BCUT2D eigenvalue weighted by Crippen LogP contribution is -2.14. The van der Waals surface area contributed by atoms with Crippen LogP contribution in [0.15, 0.2) is 52.5 Å². The van der Waals surface area contributed by atoms with Crippen molar-refractivity contribution in [3.8, 4) is 0 Å². The lowest BCUT2D eigenvalue weighted by Gasteiger charge is -2.05. The summed E-state index contributed by atoms with van der Waals surface area (Å²) in [6.45, 7) is 0.958. The van der Waals surface area contributed by atoms with E-state index < -0.39 is 0 Å². The number of halogens is 1. The lowest BCUT2D eigenvalue weighted by molar-refractivity contribution is 0.687. The van der Waals surface area contributed by atoms with E-state index >= 15 is 0 Å². The van der Waals surface area contributed by atoms with Crippen LogP contribution in [0.2, 0.25) is 5.02 Å². The van der Waals surface area contributed by atoms with Gasteiger partial charge < -0.3 is 5.32 Å². The molecule has 0 atom stereocenters. The van der Waals surface area contributed by atoms with Crippen LogP contribution in [0.3, 0.4) is 0 Å². The molecule has 1 fully saturated rings. The highest BCUT2D eigenvalue weighted by atomic mass is 35.5. The number of aromatic nitrogens is 1. The number of nitrogens with zero attached hydrogens (tertiary/aromatic N) is 1. The first-order valence-corrected chi connectivity index (χ1v) is 7.61. The van der Waals surface area contributed by atoms with Crippen molar-refractivity contribution in [2.75, 3.05) is 0 Å². The van der Waals surface area contributed by atoms with E-state index in [9.17, 15) is 0 Å². The topological polar surface area (TPSA) is 24.9 Å². The van der Waals surface area contributed by atoms with Crippen LogP contribution < -0.4 is 5.32 Å². The summed E-state index contributed by atoms with van der Waals surface area (Å²) in [5.74, 6) is 0. The molecule has 0 amide bonds. The molecule has 1 N–H and O–H groups in total. The van der Waals surface area contributed by atoms with E-state index in [1.807, 2.05) is 12.1 Å². The molecule has 0 aliphatic heterocycles. The molecule has 1 saturated carbocycles. The maximum atomic E-state index is 6.10. The van der Waals surface area contributed by atoms with Crippen molar-refractivity contribution in [1.29, 1.82) is 0 Å². The van der Waals surface area contributed by atoms with Gasteiger partial charge in [0, 0.05) is 23.7 Å². The van der Waals surface area contributed by atoms with Gasteiger partial charge in [0.05, 0.1) is 5.02 Å². The van der Waals surface area contributed by atoms with E-state index in [1.165, 1.54) is 18.4 Å². The molecule has 19 heavy (non-hydrogen) atoms. The van der Waals surface area contributed by atoms with Gasteiger partial charge in [0.25, 0.3) is 0 Å². The van der Waals surface area contributed by atoms with Crippen LogP contribution in [0.5, 0.6) is 0 Å². The summed E-state index contributed by atoms with van der Waals surface area (Å²) in [6, 6.07) is 13.0. The van der Waals surface area contributed by atoms with Crippen LogP contribution in [0, 0.1) is 0 Å². The zero-order valence-corrected chi connectivity index (χ0v) is 12.0. The summed E-state index contributed by atoms with van der Waals surface area (Å²) in [4.78, 5) is 5.45. The standard InChI is InChI=1S/C15H15ClN2S/c16-14-2-1-9-17-15(14)19-13-7-3-11(4-8-13)10-18-12-5-6-12/h1-4,7-9,12,18H,5-6,10H2. The first-order chi connectivity index (χ1) is 9.31. The molecule has 1 aromatic heterocycles. The fourth-order valence-electron chi connectivity index (χ4n) is 1.78. The lowest BCUT2D eigenvalue weighted by atomic mass is 10.2. The first kappa shape index (κ1) is 13.0. The van der Waals surface area contributed by atoms with Gasteiger partial charge in [-0.1, -0.05) is 35.5 Å². The molecule has 2 aromatic rings. The Kier molecular flexibility index (Phi) is 4.06. The van der Waals surface area contributed by atoms with Crippen LogP contribution in [0.1, 0.15) is 18.4 Å². The minimum Gasteiger partial charge on any atom is -0.310 e. The van der Waals surface area contributed by atoms with Crippen molar-refractivity contribution in [3.63, 3.8) is 0 Å². The number of hydrogen-bond donors (Lipinski definition) is 1. The van der Waals surface area contributed by atoms with Crippen LogP contribution in [-0.2, 0) is 6.54 Å². The molecule has 1 aromatic carbocycles. The van der Waals surface area contributed by atoms with E-state index in [1.54, 1.807) is 18.0 Å². The predicted molar refractivity (Wildman–Crippen MR) is 79.7 cm³/mol. The van der Waals surface area contributed by atoms with Crippen LogP contribution in [0.4, 0.5) is 0 Å². The zero-order valence-electron chi connectivity index (χ0n) is 10.5. The average Bonchev–Trinajstić information content (AvgIpc) is 3.25. The third-order valence-electron chi connectivity index (χ3n) is 3.03. The summed E-state index contributed by atoms with van der Waals surface area (Å²) in [5.41, 5.74) is 1.32. The Bertz CT molecular complexity index is 552. The Morgan fingerprint density at radius 3 is 2.68 bits per heavy atom. The van der Waals surface area contributed by atoms with Crippen LogP contribution >= 0.6 is 23.4 Å². The highest BCUT2D eigenvalue weighted by Gasteiger charge is 2.19. The highest BCUT2D eigenvalue weighted by molar-refractivity contribution is 7.99. The van der Waals surface area contributed by atoms with Crippen molar-refractivity contribution in [3.05, 3.63) is 53.2 Å². The quantitative estimate of drug-likeness (QED) is 0.896. The number of hydrogen-bond acceptors (Lipinski definition) is 3.